The minimum atomic E-state index is 0.709. The number of hydrogen-bond acceptors (Lipinski definition) is 0. The van der Waals surface area contributed by atoms with Gasteiger partial charge in [-0.1, -0.05) is 29.3 Å². The highest BCUT2D eigenvalue weighted by molar-refractivity contribution is 6.35. The first-order chi connectivity index (χ1) is 8.70. The van der Waals surface area contributed by atoms with Gasteiger partial charge >= 0.3 is 0 Å². The Balaban J connectivity index is 1.81. The second-order valence-electron chi connectivity index (χ2n) is 5.07. The number of hydrogen-bond donors (Lipinski definition) is 2. The molecular formula is C14H22Cl2N2+2. The van der Waals surface area contributed by atoms with E-state index in [4.69, 9.17) is 23.2 Å². The molecule has 0 aromatic heterocycles. The van der Waals surface area contributed by atoms with Crippen molar-refractivity contribution in [1.82, 2.24) is 0 Å². The summed E-state index contributed by atoms with van der Waals surface area (Å²) in [5.74, 6) is 0. The molecule has 0 saturated carbocycles. The number of likely N-dealkylation sites (tertiary alicyclic amines) is 1. The van der Waals surface area contributed by atoms with Gasteiger partial charge < -0.3 is 10.2 Å². The van der Waals surface area contributed by atoms with Crippen molar-refractivity contribution in [2.75, 3.05) is 19.6 Å². The Bertz CT molecular complexity index is 395. The molecule has 1 saturated heterocycles. The average Bonchev–Trinajstić information content (AvgIpc) is 2.79. The molecule has 0 bridgehead atoms. The van der Waals surface area contributed by atoms with Crippen molar-refractivity contribution in [3.05, 3.63) is 33.8 Å². The van der Waals surface area contributed by atoms with Crippen molar-refractivity contribution in [1.29, 1.82) is 0 Å². The second kappa shape index (κ2) is 6.76. The SMILES string of the molecule is CC[NH+]1CCC[C@H]1C[NH2+]Cc1ccc(Cl)cc1Cl. The van der Waals surface area contributed by atoms with Gasteiger partial charge in [0.15, 0.2) is 0 Å². The normalized spacial score (nSPS) is 23.5. The molecule has 1 fully saturated rings. The highest BCUT2D eigenvalue weighted by atomic mass is 35.5. The third-order valence-electron chi connectivity index (χ3n) is 3.91. The van der Waals surface area contributed by atoms with E-state index in [2.05, 4.69) is 12.2 Å². The van der Waals surface area contributed by atoms with Crippen LogP contribution in [0.3, 0.4) is 0 Å². The summed E-state index contributed by atoms with van der Waals surface area (Å²) in [6.07, 6.45) is 2.75. The smallest absolute Gasteiger partial charge is 0.137 e. The average molecular weight is 289 g/mol. The topological polar surface area (TPSA) is 21.1 Å². The van der Waals surface area contributed by atoms with Crippen LogP contribution in [-0.2, 0) is 6.54 Å². The van der Waals surface area contributed by atoms with Crippen LogP contribution >= 0.6 is 23.2 Å². The minimum Gasteiger partial charge on any atom is -0.338 e. The fourth-order valence-electron chi connectivity index (χ4n) is 2.86. The number of nitrogens with two attached hydrogens (primary N) is 1. The van der Waals surface area contributed by atoms with Crippen LogP contribution in [0.4, 0.5) is 0 Å². The largest absolute Gasteiger partial charge is 0.338 e. The number of halogens is 2. The first-order valence-electron chi connectivity index (χ1n) is 6.81. The van der Waals surface area contributed by atoms with Crippen LogP contribution in [0.25, 0.3) is 0 Å². The van der Waals surface area contributed by atoms with Crippen LogP contribution in [0.5, 0.6) is 0 Å². The summed E-state index contributed by atoms with van der Waals surface area (Å²) in [6, 6.07) is 6.59. The van der Waals surface area contributed by atoms with Crippen molar-refractivity contribution in [2.45, 2.75) is 32.4 Å². The van der Waals surface area contributed by atoms with Crippen LogP contribution in [0.15, 0.2) is 18.2 Å². The van der Waals surface area contributed by atoms with Gasteiger partial charge in [0.05, 0.1) is 18.1 Å². The van der Waals surface area contributed by atoms with Crippen LogP contribution in [0.1, 0.15) is 25.3 Å². The second-order valence-corrected chi connectivity index (χ2v) is 5.91. The molecule has 0 spiro atoms. The Kier molecular flexibility index (Phi) is 5.31. The molecule has 2 nitrogen and oxygen atoms in total. The summed E-state index contributed by atoms with van der Waals surface area (Å²) < 4.78 is 0. The number of rotatable bonds is 5. The summed E-state index contributed by atoms with van der Waals surface area (Å²) in [7, 11) is 0. The van der Waals surface area contributed by atoms with E-state index in [1.807, 2.05) is 18.2 Å². The summed E-state index contributed by atoms with van der Waals surface area (Å²) >= 11 is 12.1. The number of benzene rings is 1. The highest BCUT2D eigenvalue weighted by Gasteiger charge is 2.28. The molecule has 100 valence electrons. The van der Waals surface area contributed by atoms with E-state index in [0.29, 0.717) is 5.02 Å². The van der Waals surface area contributed by atoms with E-state index in [9.17, 15) is 0 Å². The van der Waals surface area contributed by atoms with Gasteiger partial charge in [-0.3, -0.25) is 0 Å². The Morgan fingerprint density at radius 3 is 2.94 bits per heavy atom. The predicted molar refractivity (Wildman–Crippen MR) is 76.4 cm³/mol. The summed E-state index contributed by atoms with van der Waals surface area (Å²) in [4.78, 5) is 1.76. The van der Waals surface area contributed by atoms with Crippen LogP contribution in [-0.4, -0.2) is 25.7 Å². The summed E-state index contributed by atoms with van der Waals surface area (Å²) in [6.45, 7) is 7.02. The fraction of sp³-hybridized carbons (Fsp3) is 0.571. The number of quaternary nitrogens is 2. The van der Waals surface area contributed by atoms with Crippen LogP contribution in [0.2, 0.25) is 10.0 Å². The molecule has 1 aromatic carbocycles. The Morgan fingerprint density at radius 2 is 2.22 bits per heavy atom. The van der Waals surface area contributed by atoms with Crippen LogP contribution in [0, 0.1) is 0 Å². The molecule has 4 heteroatoms. The number of nitrogens with one attached hydrogen (secondary N) is 1. The number of likely N-dealkylation sites (N-methyl/N-ethyl adjacent to an activating group) is 1. The minimum absolute atomic E-state index is 0.709. The molecular weight excluding hydrogens is 267 g/mol. The maximum absolute atomic E-state index is 6.17. The van der Waals surface area contributed by atoms with Gasteiger partial charge in [-0.15, -0.1) is 0 Å². The first-order valence-corrected chi connectivity index (χ1v) is 7.56. The van der Waals surface area contributed by atoms with Crippen molar-refractivity contribution in [3.8, 4) is 0 Å². The third-order valence-corrected chi connectivity index (χ3v) is 4.50. The lowest BCUT2D eigenvalue weighted by atomic mass is 10.2. The fourth-order valence-corrected chi connectivity index (χ4v) is 3.35. The van der Waals surface area contributed by atoms with Crippen molar-refractivity contribution < 1.29 is 10.2 Å². The van der Waals surface area contributed by atoms with Gasteiger partial charge in [0.25, 0.3) is 0 Å². The zero-order valence-electron chi connectivity index (χ0n) is 10.9. The molecule has 1 aliphatic heterocycles. The molecule has 1 unspecified atom stereocenters. The van der Waals surface area contributed by atoms with Gasteiger partial charge in [0.2, 0.25) is 0 Å². The van der Waals surface area contributed by atoms with E-state index >= 15 is 0 Å². The van der Waals surface area contributed by atoms with Gasteiger partial charge in [-0.2, -0.15) is 0 Å². The van der Waals surface area contributed by atoms with Crippen molar-refractivity contribution in [2.24, 2.45) is 0 Å². The van der Waals surface area contributed by atoms with Crippen molar-refractivity contribution in [3.63, 3.8) is 0 Å². The Morgan fingerprint density at radius 1 is 1.39 bits per heavy atom. The van der Waals surface area contributed by atoms with Crippen LogP contribution < -0.4 is 10.2 Å². The van der Waals surface area contributed by atoms with E-state index in [-0.39, 0.29) is 0 Å². The molecule has 0 aliphatic carbocycles. The zero-order chi connectivity index (χ0) is 13.0. The van der Waals surface area contributed by atoms with Gasteiger partial charge in [-0.05, 0) is 19.1 Å². The Hall–Kier alpha value is -0.280. The molecule has 1 heterocycles. The molecule has 0 amide bonds. The third kappa shape index (κ3) is 3.61. The molecule has 2 atom stereocenters. The molecule has 1 aromatic rings. The van der Waals surface area contributed by atoms with E-state index < -0.39 is 0 Å². The molecule has 0 radical (unpaired) electrons. The maximum atomic E-state index is 6.17. The van der Waals surface area contributed by atoms with E-state index in [1.54, 1.807) is 4.90 Å². The summed E-state index contributed by atoms with van der Waals surface area (Å²) in [5.41, 5.74) is 1.18. The first kappa shape index (κ1) is 14.1. The predicted octanol–water partition coefficient (Wildman–Crippen LogP) is 1.12. The molecule has 3 N–H and O–H groups in total. The lowest BCUT2D eigenvalue weighted by Crippen LogP contribution is -3.16. The van der Waals surface area contributed by atoms with Gasteiger partial charge in [0, 0.05) is 23.4 Å². The lowest BCUT2D eigenvalue weighted by Gasteiger charge is -2.18. The molecule has 2 rings (SSSR count). The van der Waals surface area contributed by atoms with Gasteiger partial charge in [-0.25, -0.2) is 0 Å². The zero-order valence-corrected chi connectivity index (χ0v) is 12.4. The maximum Gasteiger partial charge on any atom is 0.137 e. The molecule has 18 heavy (non-hydrogen) atoms. The molecule has 1 aliphatic rings. The quantitative estimate of drug-likeness (QED) is 0.811. The van der Waals surface area contributed by atoms with Crippen molar-refractivity contribution >= 4 is 23.2 Å². The lowest BCUT2D eigenvalue weighted by molar-refractivity contribution is -0.925. The highest BCUT2D eigenvalue weighted by Crippen LogP contribution is 2.19. The van der Waals surface area contributed by atoms with Gasteiger partial charge in [0.1, 0.15) is 19.1 Å². The summed E-state index contributed by atoms with van der Waals surface area (Å²) in [5, 5.41) is 3.87. The monoisotopic (exact) mass is 288 g/mol. The van der Waals surface area contributed by atoms with E-state index in [0.717, 1.165) is 17.6 Å². The van der Waals surface area contributed by atoms with E-state index in [1.165, 1.54) is 38.0 Å². The standard InChI is InChI=1S/C14H20Cl2N2/c1-2-18-7-3-4-13(18)10-17-9-11-5-6-12(15)8-14(11)16/h5-6,8,13,17H,2-4,7,9-10H2,1H3/p+2/t13-/m0/s1. The Labute approximate surface area is 119 Å².